The predicted octanol–water partition coefficient (Wildman–Crippen LogP) is 5.68. The molecule has 0 radical (unpaired) electrons. The van der Waals surface area contributed by atoms with Crippen LogP contribution in [0.25, 0.3) is 0 Å². The van der Waals surface area contributed by atoms with Crippen molar-refractivity contribution in [3.8, 4) is 0 Å². The van der Waals surface area contributed by atoms with E-state index in [2.05, 4.69) is 39.8 Å². The van der Waals surface area contributed by atoms with Crippen LogP contribution in [-0.2, 0) is 14.3 Å². The highest BCUT2D eigenvalue weighted by atomic mass is 16.5. The highest BCUT2D eigenvalue weighted by Crippen LogP contribution is 2.40. The van der Waals surface area contributed by atoms with Gasteiger partial charge in [0, 0.05) is 19.0 Å². The molecule has 4 heteroatoms. The Bertz CT molecular complexity index is 793. The third-order valence-corrected chi connectivity index (χ3v) is 5.90. The molecule has 0 atom stereocenters. The van der Waals surface area contributed by atoms with Gasteiger partial charge in [0.2, 0.25) is 5.91 Å². The van der Waals surface area contributed by atoms with Gasteiger partial charge in [0.05, 0.1) is 6.54 Å². The zero-order chi connectivity index (χ0) is 22.1. The fraction of sp³-hybridized carbons (Fsp3) is 0.538. The van der Waals surface area contributed by atoms with Gasteiger partial charge in [0.15, 0.2) is 0 Å². The highest BCUT2D eigenvalue weighted by molar-refractivity contribution is 5.83. The first-order chi connectivity index (χ1) is 14.2. The summed E-state index contributed by atoms with van der Waals surface area (Å²) in [5, 5.41) is 0. The van der Waals surface area contributed by atoms with Gasteiger partial charge in [-0.05, 0) is 63.0 Å². The molecule has 0 spiro atoms. The minimum Gasteiger partial charge on any atom is -0.461 e. The van der Waals surface area contributed by atoms with Crippen molar-refractivity contribution < 1.29 is 14.3 Å². The molecule has 4 nitrogen and oxygen atoms in total. The lowest BCUT2D eigenvalue weighted by Crippen LogP contribution is -2.29. The van der Waals surface area contributed by atoms with Gasteiger partial charge in [0.1, 0.15) is 6.61 Å². The molecule has 1 fully saturated rings. The van der Waals surface area contributed by atoms with E-state index in [1.165, 1.54) is 42.1 Å². The van der Waals surface area contributed by atoms with Crippen LogP contribution in [0.4, 0.5) is 0 Å². The number of amides is 1. The van der Waals surface area contributed by atoms with Crippen molar-refractivity contribution in [3.63, 3.8) is 0 Å². The number of esters is 1. The maximum absolute atomic E-state index is 11.9. The third-order valence-electron chi connectivity index (χ3n) is 5.90. The number of carbonyl (C=O) groups is 2. The minimum absolute atomic E-state index is 0.149. The normalized spacial score (nSPS) is 20.7. The quantitative estimate of drug-likeness (QED) is 0.293. The van der Waals surface area contributed by atoms with E-state index >= 15 is 0 Å². The van der Waals surface area contributed by atoms with Gasteiger partial charge in [-0.3, -0.25) is 4.79 Å². The first kappa shape index (κ1) is 23.9. The molecule has 0 bridgehead atoms. The van der Waals surface area contributed by atoms with Crippen molar-refractivity contribution in [2.45, 2.75) is 66.7 Å². The number of ether oxygens (including phenoxy) is 1. The average molecular weight is 412 g/mol. The summed E-state index contributed by atoms with van der Waals surface area (Å²) in [7, 11) is 0. The van der Waals surface area contributed by atoms with Crippen molar-refractivity contribution in [2.24, 2.45) is 5.41 Å². The molecule has 0 saturated carbocycles. The lowest BCUT2D eigenvalue weighted by molar-refractivity contribution is -0.140. The summed E-state index contributed by atoms with van der Waals surface area (Å²) in [6, 6.07) is 0. The van der Waals surface area contributed by atoms with E-state index in [0.29, 0.717) is 13.0 Å². The summed E-state index contributed by atoms with van der Waals surface area (Å²) < 4.78 is 5.21. The van der Waals surface area contributed by atoms with Gasteiger partial charge >= 0.3 is 5.97 Å². The van der Waals surface area contributed by atoms with E-state index in [1.807, 2.05) is 25.2 Å². The summed E-state index contributed by atoms with van der Waals surface area (Å²) in [6.07, 6.45) is 17.0. The molecule has 0 unspecified atom stereocenters. The highest BCUT2D eigenvalue weighted by Gasteiger charge is 2.26. The van der Waals surface area contributed by atoms with Crippen LogP contribution >= 0.6 is 0 Å². The van der Waals surface area contributed by atoms with Gasteiger partial charge < -0.3 is 9.64 Å². The summed E-state index contributed by atoms with van der Waals surface area (Å²) in [4.78, 5) is 25.2. The van der Waals surface area contributed by atoms with Crippen LogP contribution < -0.4 is 0 Å². The number of likely N-dealkylation sites (tertiary alicyclic amines) is 1. The Morgan fingerprint density at radius 3 is 2.57 bits per heavy atom. The number of nitrogens with zero attached hydrogens (tertiary/aromatic N) is 1. The molecule has 0 aromatic carbocycles. The van der Waals surface area contributed by atoms with Gasteiger partial charge in [-0.1, -0.05) is 55.4 Å². The second-order valence-corrected chi connectivity index (χ2v) is 9.07. The van der Waals surface area contributed by atoms with E-state index in [0.717, 1.165) is 18.5 Å². The van der Waals surface area contributed by atoms with E-state index in [9.17, 15) is 9.59 Å². The van der Waals surface area contributed by atoms with Crippen LogP contribution in [0.5, 0.6) is 0 Å². The minimum atomic E-state index is -0.369. The molecule has 0 N–H and O–H groups in total. The van der Waals surface area contributed by atoms with Gasteiger partial charge in [-0.15, -0.1) is 0 Å². The molecule has 1 heterocycles. The van der Waals surface area contributed by atoms with E-state index in [4.69, 9.17) is 4.74 Å². The molecular formula is C26H37NO3. The summed E-state index contributed by atoms with van der Waals surface area (Å²) in [6.45, 7) is 12.3. The van der Waals surface area contributed by atoms with Gasteiger partial charge in [0.25, 0.3) is 0 Å². The smallest absolute Gasteiger partial charge is 0.331 e. The second-order valence-electron chi connectivity index (χ2n) is 9.07. The molecule has 30 heavy (non-hydrogen) atoms. The zero-order valence-electron chi connectivity index (χ0n) is 19.3. The maximum Gasteiger partial charge on any atom is 0.331 e. The standard InChI is InChI=1S/C26H37NO3/c1-20(13-14-23-22(3)11-7-15-26(23,4)5)9-6-10-21(2)19-25(29)30-18-17-27-16-8-12-24(27)28/h6,9-10,13-14,19H,7-8,11-12,15-18H2,1-5H3/b10-6+,14-13+,20-9+,21-19+. The van der Waals surface area contributed by atoms with Gasteiger partial charge in [-0.2, -0.15) is 0 Å². The maximum atomic E-state index is 11.9. The van der Waals surface area contributed by atoms with Gasteiger partial charge in [-0.25, -0.2) is 4.79 Å². The molecule has 1 aliphatic carbocycles. The first-order valence-electron chi connectivity index (χ1n) is 11.0. The molecule has 164 valence electrons. The number of rotatable bonds is 8. The van der Waals surface area contributed by atoms with Crippen molar-refractivity contribution in [3.05, 3.63) is 58.7 Å². The van der Waals surface area contributed by atoms with Crippen LogP contribution in [0, 0.1) is 5.41 Å². The monoisotopic (exact) mass is 411 g/mol. The SMILES string of the molecule is CC1=C(/C=C/C(C)=C/C=C/C(C)=C/C(=O)OCCN2CCCC2=O)C(C)(C)CCC1. The third kappa shape index (κ3) is 7.47. The van der Waals surface area contributed by atoms with E-state index in [1.54, 1.807) is 4.90 Å². The summed E-state index contributed by atoms with van der Waals surface area (Å²) in [5.41, 5.74) is 5.20. The molecular weight excluding hydrogens is 374 g/mol. The number of allylic oxidation sites excluding steroid dienone is 9. The largest absolute Gasteiger partial charge is 0.461 e. The Morgan fingerprint density at radius 1 is 1.13 bits per heavy atom. The summed E-state index contributed by atoms with van der Waals surface area (Å²) in [5.74, 6) is -0.221. The van der Waals surface area contributed by atoms with Crippen LogP contribution in [0.15, 0.2) is 58.7 Å². The lowest BCUT2D eigenvalue weighted by Gasteiger charge is -2.32. The number of hydrogen-bond donors (Lipinski definition) is 0. The van der Waals surface area contributed by atoms with Crippen molar-refractivity contribution >= 4 is 11.9 Å². The number of carbonyl (C=O) groups excluding carboxylic acids is 2. The molecule has 1 saturated heterocycles. The Morgan fingerprint density at radius 2 is 1.90 bits per heavy atom. The first-order valence-corrected chi connectivity index (χ1v) is 11.0. The van der Waals surface area contributed by atoms with Crippen LogP contribution in [0.3, 0.4) is 0 Å². The topological polar surface area (TPSA) is 46.6 Å². The van der Waals surface area contributed by atoms with Crippen LogP contribution in [-0.4, -0.2) is 36.5 Å². The van der Waals surface area contributed by atoms with Crippen LogP contribution in [0.2, 0.25) is 0 Å². The van der Waals surface area contributed by atoms with Crippen LogP contribution in [0.1, 0.15) is 66.7 Å². The molecule has 1 amide bonds. The fourth-order valence-corrected chi connectivity index (χ4v) is 4.10. The Hall–Kier alpha value is -2.36. The zero-order valence-corrected chi connectivity index (χ0v) is 19.3. The van der Waals surface area contributed by atoms with Crippen molar-refractivity contribution in [1.82, 2.24) is 4.90 Å². The molecule has 2 aliphatic rings. The fourth-order valence-electron chi connectivity index (χ4n) is 4.10. The van der Waals surface area contributed by atoms with Crippen molar-refractivity contribution in [1.29, 1.82) is 0 Å². The predicted molar refractivity (Wildman–Crippen MR) is 123 cm³/mol. The molecule has 0 aromatic rings. The Labute approximate surface area is 182 Å². The Kier molecular flexibility index (Phi) is 8.88. The van der Waals surface area contributed by atoms with E-state index in [-0.39, 0.29) is 23.9 Å². The molecule has 1 aliphatic heterocycles. The molecule has 0 aromatic heterocycles. The lowest BCUT2D eigenvalue weighted by atomic mass is 9.72. The average Bonchev–Trinajstić information content (AvgIpc) is 3.05. The molecule has 2 rings (SSSR count). The van der Waals surface area contributed by atoms with Crippen molar-refractivity contribution in [2.75, 3.05) is 19.7 Å². The Balaban J connectivity index is 1.82. The summed E-state index contributed by atoms with van der Waals surface area (Å²) >= 11 is 0. The number of hydrogen-bond acceptors (Lipinski definition) is 3. The second kappa shape index (κ2) is 11.1. The van der Waals surface area contributed by atoms with E-state index < -0.39 is 0 Å².